The molecule has 0 saturated carbocycles. The van der Waals surface area contributed by atoms with Crippen LogP contribution in [0.4, 0.5) is 19.0 Å². The molecule has 1 aromatic heterocycles. The molecule has 0 unspecified atom stereocenters. The van der Waals surface area contributed by atoms with Crippen molar-refractivity contribution in [3.8, 4) is 6.07 Å². The second-order valence-corrected chi connectivity index (χ2v) is 6.70. The third kappa shape index (κ3) is 5.89. The molecule has 28 heavy (non-hydrogen) atoms. The Hall–Kier alpha value is -2.21. The molecule has 148 valence electrons. The number of ether oxygens (including phenoxy) is 1. The summed E-state index contributed by atoms with van der Waals surface area (Å²) in [5.74, 6) is -0.826. The minimum absolute atomic E-state index is 0.0434. The third-order valence-corrected chi connectivity index (χ3v) is 4.25. The first-order valence-electron chi connectivity index (χ1n) is 7.61. The highest BCUT2D eigenvalue weighted by Gasteiger charge is 2.31. The molecule has 0 aliphatic heterocycles. The van der Waals surface area contributed by atoms with Crippen LogP contribution >= 0.6 is 34.8 Å². The molecule has 0 amide bonds. The monoisotopic (exact) mass is 451 g/mol. The Balaban J connectivity index is 2.07. The topological polar surface area (TPSA) is 75.0 Å². The van der Waals surface area contributed by atoms with Gasteiger partial charge in [0.25, 0.3) is 0 Å². The average Bonchev–Trinajstić information content (AvgIpc) is 2.59. The summed E-state index contributed by atoms with van der Waals surface area (Å²) >= 11 is 17.5. The highest BCUT2D eigenvalue weighted by atomic mass is 35.5. The molecule has 2 rings (SSSR count). The van der Waals surface area contributed by atoms with Crippen LogP contribution in [0, 0.1) is 11.3 Å². The van der Waals surface area contributed by atoms with Crippen LogP contribution < -0.4 is 5.32 Å². The summed E-state index contributed by atoms with van der Waals surface area (Å²) in [5.41, 5.74) is -0.944. The zero-order valence-corrected chi connectivity index (χ0v) is 16.1. The predicted octanol–water partition coefficient (Wildman–Crippen LogP) is 5.61. The lowest BCUT2D eigenvalue weighted by Crippen LogP contribution is -2.26. The van der Waals surface area contributed by atoms with Crippen LogP contribution in [0.1, 0.15) is 22.3 Å². The van der Waals surface area contributed by atoms with Gasteiger partial charge in [0.15, 0.2) is 0 Å². The molecule has 0 radical (unpaired) electrons. The van der Waals surface area contributed by atoms with Gasteiger partial charge in [0, 0.05) is 11.2 Å². The largest absolute Gasteiger partial charge is 0.456 e. The molecule has 1 N–H and O–H groups in total. The van der Waals surface area contributed by atoms with Gasteiger partial charge >= 0.3 is 12.1 Å². The van der Waals surface area contributed by atoms with E-state index in [4.69, 9.17) is 44.8 Å². The summed E-state index contributed by atoms with van der Waals surface area (Å²) in [6.07, 6.45) is -5.06. The van der Waals surface area contributed by atoms with Gasteiger partial charge in [0.05, 0.1) is 40.2 Å². The second kappa shape index (κ2) is 9.32. The molecular weight excluding hydrogens is 442 g/mol. The fourth-order valence-corrected chi connectivity index (χ4v) is 2.78. The number of esters is 1. The van der Waals surface area contributed by atoms with Gasteiger partial charge in [-0.15, -0.1) is 0 Å². The van der Waals surface area contributed by atoms with E-state index in [1.54, 1.807) is 0 Å². The first-order valence-corrected chi connectivity index (χ1v) is 8.74. The van der Waals surface area contributed by atoms with E-state index in [1.165, 1.54) is 18.2 Å². The van der Waals surface area contributed by atoms with Gasteiger partial charge in [-0.1, -0.05) is 34.8 Å². The predicted molar refractivity (Wildman–Crippen MR) is 98.6 cm³/mol. The lowest BCUT2D eigenvalue weighted by molar-refractivity contribution is -0.137. The van der Waals surface area contributed by atoms with Gasteiger partial charge in [0.1, 0.15) is 11.9 Å². The van der Waals surface area contributed by atoms with Crippen molar-refractivity contribution in [1.82, 2.24) is 4.98 Å². The number of rotatable bonds is 6. The fourth-order valence-electron chi connectivity index (χ4n) is 2.06. The molecular formula is C17H11Cl3F3N3O2. The van der Waals surface area contributed by atoms with Crippen molar-refractivity contribution in [3.05, 3.63) is 56.7 Å². The van der Waals surface area contributed by atoms with Crippen LogP contribution in [0.2, 0.25) is 15.1 Å². The number of hydrogen-bond acceptors (Lipinski definition) is 5. The fraction of sp³-hybridized carbons (Fsp3) is 0.235. The Labute approximate surface area is 173 Å². The maximum atomic E-state index is 12.6. The number of carbonyl (C=O) groups excluding carboxylic acids is 1. The van der Waals surface area contributed by atoms with Gasteiger partial charge in [0.2, 0.25) is 0 Å². The quantitative estimate of drug-likeness (QED) is 0.577. The number of pyridine rings is 1. The van der Waals surface area contributed by atoms with Crippen molar-refractivity contribution in [2.45, 2.75) is 18.7 Å². The van der Waals surface area contributed by atoms with Crippen molar-refractivity contribution in [1.29, 1.82) is 5.26 Å². The number of nitrogens with zero attached hydrogens (tertiary/aromatic N) is 2. The van der Waals surface area contributed by atoms with E-state index >= 15 is 0 Å². The summed E-state index contributed by atoms with van der Waals surface area (Å²) in [6.45, 7) is -0.109. The minimum Gasteiger partial charge on any atom is -0.456 e. The second-order valence-electron chi connectivity index (χ2n) is 5.45. The number of benzene rings is 1. The van der Waals surface area contributed by atoms with Crippen molar-refractivity contribution in [3.63, 3.8) is 0 Å². The highest BCUT2D eigenvalue weighted by molar-refractivity contribution is 6.36. The smallest absolute Gasteiger partial charge is 0.417 e. The number of carbonyl (C=O) groups is 1. The number of nitriles is 1. The summed E-state index contributed by atoms with van der Waals surface area (Å²) < 4.78 is 43.2. The van der Waals surface area contributed by atoms with E-state index in [-0.39, 0.29) is 34.4 Å². The number of anilines is 1. The van der Waals surface area contributed by atoms with Crippen LogP contribution in [0.3, 0.4) is 0 Å². The van der Waals surface area contributed by atoms with Crippen LogP contribution in [-0.2, 0) is 10.9 Å². The molecule has 1 atom stereocenters. The molecule has 0 bridgehead atoms. The maximum absolute atomic E-state index is 12.6. The van der Waals surface area contributed by atoms with Crippen molar-refractivity contribution >= 4 is 46.6 Å². The molecule has 0 aliphatic carbocycles. The van der Waals surface area contributed by atoms with Crippen molar-refractivity contribution < 1.29 is 22.7 Å². The number of aromatic nitrogens is 1. The zero-order valence-electron chi connectivity index (χ0n) is 13.9. The Morgan fingerprint density at radius 1 is 1.25 bits per heavy atom. The summed E-state index contributed by atoms with van der Waals surface area (Å²) in [4.78, 5) is 15.9. The lowest BCUT2D eigenvalue weighted by Gasteiger charge is -2.17. The first-order chi connectivity index (χ1) is 13.1. The SMILES string of the molecule is N#CC[C@H](CNc1ncc(C(F)(F)F)cc1Cl)OC(=O)c1ccc(Cl)cc1Cl. The summed E-state index contributed by atoms with van der Waals surface area (Å²) in [5, 5.41) is 11.7. The zero-order chi connectivity index (χ0) is 20.9. The van der Waals surface area contributed by atoms with E-state index in [2.05, 4.69) is 10.3 Å². The summed E-state index contributed by atoms with van der Waals surface area (Å²) in [6, 6.07) is 6.76. The Bertz CT molecular complexity index is 917. The number of hydrogen-bond donors (Lipinski definition) is 1. The van der Waals surface area contributed by atoms with Crippen LogP contribution in [0.5, 0.6) is 0 Å². The standard InChI is InChI=1S/C17H11Cl3F3N3O2/c18-10-1-2-12(13(19)6-10)16(27)28-11(3-4-24)8-26-15-14(20)5-9(7-25-15)17(21,22)23/h1-2,5-7,11H,3,8H2,(H,25,26)/t11-/m1/s1. The van der Waals surface area contributed by atoms with Crippen LogP contribution in [-0.4, -0.2) is 23.6 Å². The van der Waals surface area contributed by atoms with E-state index in [0.29, 0.717) is 11.2 Å². The molecule has 0 aliphatic rings. The first kappa shape index (κ1) is 22.1. The molecule has 0 saturated heterocycles. The minimum atomic E-state index is -4.58. The van der Waals surface area contributed by atoms with Crippen LogP contribution in [0.15, 0.2) is 30.5 Å². The van der Waals surface area contributed by atoms with E-state index in [9.17, 15) is 18.0 Å². The molecule has 1 aromatic carbocycles. The van der Waals surface area contributed by atoms with Gasteiger partial charge in [-0.05, 0) is 24.3 Å². The molecule has 11 heteroatoms. The van der Waals surface area contributed by atoms with Gasteiger partial charge in [-0.2, -0.15) is 18.4 Å². The highest BCUT2D eigenvalue weighted by Crippen LogP contribution is 2.32. The number of halogens is 6. The average molecular weight is 453 g/mol. The van der Waals surface area contributed by atoms with E-state index < -0.39 is 23.8 Å². The lowest BCUT2D eigenvalue weighted by atomic mass is 10.2. The summed E-state index contributed by atoms with van der Waals surface area (Å²) in [7, 11) is 0. The van der Waals surface area contributed by atoms with Crippen LogP contribution in [0.25, 0.3) is 0 Å². The molecule has 1 heterocycles. The Morgan fingerprint density at radius 3 is 2.54 bits per heavy atom. The van der Waals surface area contributed by atoms with Crippen molar-refractivity contribution in [2.75, 3.05) is 11.9 Å². The van der Waals surface area contributed by atoms with E-state index in [1.807, 2.05) is 6.07 Å². The third-order valence-electron chi connectivity index (χ3n) is 3.41. The van der Waals surface area contributed by atoms with E-state index in [0.717, 1.165) is 6.07 Å². The van der Waals surface area contributed by atoms with Gasteiger partial charge in [-0.25, -0.2) is 9.78 Å². The number of nitrogens with one attached hydrogen (secondary N) is 1. The Morgan fingerprint density at radius 2 is 1.96 bits per heavy atom. The van der Waals surface area contributed by atoms with Crippen molar-refractivity contribution in [2.24, 2.45) is 0 Å². The molecule has 5 nitrogen and oxygen atoms in total. The molecule has 2 aromatic rings. The number of alkyl halides is 3. The maximum Gasteiger partial charge on any atom is 0.417 e. The van der Waals surface area contributed by atoms with Gasteiger partial charge in [-0.3, -0.25) is 0 Å². The van der Waals surface area contributed by atoms with Gasteiger partial charge < -0.3 is 10.1 Å². The normalized spacial score (nSPS) is 12.2. The molecule has 0 spiro atoms. The molecule has 0 fully saturated rings. The Kier molecular flexibility index (Phi) is 7.35.